The van der Waals surface area contributed by atoms with Gasteiger partial charge in [-0.1, -0.05) is 0 Å². The van der Waals surface area contributed by atoms with E-state index >= 15 is 0 Å². The minimum Gasteiger partial charge on any atom is -0.388 e. The van der Waals surface area contributed by atoms with Crippen LogP contribution in [-0.4, -0.2) is 22.7 Å². The van der Waals surface area contributed by atoms with Gasteiger partial charge in [0, 0.05) is 31.0 Å². The van der Waals surface area contributed by atoms with Crippen molar-refractivity contribution in [3.8, 4) is 0 Å². The molecule has 0 bridgehead atoms. The molecule has 94 valence electrons. The Bertz CT molecular complexity index is 530. The van der Waals surface area contributed by atoms with Gasteiger partial charge >= 0.3 is 0 Å². The van der Waals surface area contributed by atoms with E-state index in [1.807, 2.05) is 26.1 Å². The summed E-state index contributed by atoms with van der Waals surface area (Å²) in [6.07, 6.45) is 3.45. The molecule has 0 saturated carbocycles. The molecule has 1 aromatic heterocycles. The van der Waals surface area contributed by atoms with Crippen molar-refractivity contribution in [2.45, 2.75) is 13.5 Å². The Labute approximate surface area is 106 Å². The summed E-state index contributed by atoms with van der Waals surface area (Å²) in [5.41, 5.74) is 2.31. The second kappa shape index (κ2) is 5.35. The van der Waals surface area contributed by atoms with E-state index < -0.39 is 0 Å². The smallest absolute Gasteiger partial charge is 0.255 e. The first-order chi connectivity index (χ1) is 8.72. The van der Waals surface area contributed by atoms with Gasteiger partial charge in [-0.25, -0.2) is 0 Å². The van der Waals surface area contributed by atoms with Crippen molar-refractivity contribution in [3.05, 3.63) is 42.2 Å². The maximum atomic E-state index is 11.9. The molecule has 0 spiro atoms. The summed E-state index contributed by atoms with van der Waals surface area (Å²) in [4.78, 5) is 11.9. The van der Waals surface area contributed by atoms with Crippen LogP contribution in [0.3, 0.4) is 0 Å². The number of carbonyl (C=O) groups is 1. The third kappa shape index (κ3) is 2.68. The SMILES string of the molecule is CCn1cc(NC(=O)c2ccc(NC)cc2)cn1. The average molecular weight is 244 g/mol. The van der Waals surface area contributed by atoms with Crippen LogP contribution in [0.5, 0.6) is 0 Å². The van der Waals surface area contributed by atoms with Gasteiger partial charge in [0.15, 0.2) is 0 Å². The van der Waals surface area contributed by atoms with Gasteiger partial charge in [-0.2, -0.15) is 5.10 Å². The van der Waals surface area contributed by atoms with Gasteiger partial charge in [-0.05, 0) is 31.2 Å². The number of anilines is 2. The quantitative estimate of drug-likeness (QED) is 0.866. The Morgan fingerprint density at radius 1 is 1.28 bits per heavy atom. The van der Waals surface area contributed by atoms with Crippen molar-refractivity contribution in [1.29, 1.82) is 0 Å². The molecule has 1 aromatic carbocycles. The van der Waals surface area contributed by atoms with E-state index in [-0.39, 0.29) is 5.91 Å². The highest BCUT2D eigenvalue weighted by Gasteiger charge is 2.06. The third-order valence-corrected chi connectivity index (χ3v) is 2.65. The molecule has 0 fully saturated rings. The highest BCUT2D eigenvalue weighted by atomic mass is 16.1. The summed E-state index contributed by atoms with van der Waals surface area (Å²) in [7, 11) is 1.84. The number of hydrogen-bond acceptors (Lipinski definition) is 3. The van der Waals surface area contributed by atoms with Gasteiger partial charge in [0.1, 0.15) is 0 Å². The molecule has 0 atom stereocenters. The zero-order valence-electron chi connectivity index (χ0n) is 10.5. The lowest BCUT2D eigenvalue weighted by Crippen LogP contribution is -2.11. The lowest BCUT2D eigenvalue weighted by molar-refractivity contribution is 0.102. The van der Waals surface area contributed by atoms with E-state index in [9.17, 15) is 4.79 Å². The maximum Gasteiger partial charge on any atom is 0.255 e. The molecule has 18 heavy (non-hydrogen) atoms. The first-order valence-corrected chi connectivity index (χ1v) is 5.84. The molecular weight excluding hydrogens is 228 g/mol. The molecule has 1 heterocycles. The molecule has 0 aliphatic heterocycles. The third-order valence-electron chi connectivity index (χ3n) is 2.65. The Balaban J connectivity index is 2.06. The molecular formula is C13H16N4O. The monoisotopic (exact) mass is 244 g/mol. The van der Waals surface area contributed by atoms with Gasteiger partial charge < -0.3 is 10.6 Å². The van der Waals surface area contributed by atoms with Gasteiger partial charge in [0.05, 0.1) is 11.9 Å². The normalized spacial score (nSPS) is 10.1. The van der Waals surface area contributed by atoms with Crippen molar-refractivity contribution in [1.82, 2.24) is 9.78 Å². The van der Waals surface area contributed by atoms with E-state index in [1.54, 1.807) is 29.2 Å². The molecule has 5 nitrogen and oxygen atoms in total. The number of carbonyl (C=O) groups excluding carboxylic acids is 1. The molecule has 0 radical (unpaired) electrons. The molecule has 0 saturated heterocycles. The first kappa shape index (κ1) is 12.2. The Morgan fingerprint density at radius 3 is 2.56 bits per heavy atom. The van der Waals surface area contributed by atoms with Crippen molar-refractivity contribution in [2.75, 3.05) is 17.7 Å². The Hall–Kier alpha value is -2.30. The minimum atomic E-state index is -0.131. The minimum absolute atomic E-state index is 0.131. The van der Waals surface area contributed by atoms with E-state index in [0.29, 0.717) is 11.3 Å². The second-order valence-corrected chi connectivity index (χ2v) is 3.87. The van der Waals surface area contributed by atoms with Gasteiger partial charge in [0.25, 0.3) is 5.91 Å². The fraction of sp³-hybridized carbons (Fsp3) is 0.231. The van der Waals surface area contributed by atoms with Crippen LogP contribution in [0.2, 0.25) is 0 Å². The average Bonchev–Trinajstić information content (AvgIpc) is 2.86. The van der Waals surface area contributed by atoms with Gasteiger partial charge in [-0.3, -0.25) is 9.48 Å². The largest absolute Gasteiger partial charge is 0.388 e. The van der Waals surface area contributed by atoms with Crippen LogP contribution in [0.1, 0.15) is 17.3 Å². The van der Waals surface area contributed by atoms with Crippen LogP contribution in [-0.2, 0) is 6.54 Å². The predicted octanol–water partition coefficient (Wildman–Crippen LogP) is 2.20. The van der Waals surface area contributed by atoms with Gasteiger partial charge in [0.2, 0.25) is 0 Å². The molecule has 0 aliphatic carbocycles. The van der Waals surface area contributed by atoms with Crippen LogP contribution in [0.25, 0.3) is 0 Å². The summed E-state index contributed by atoms with van der Waals surface area (Å²) in [5, 5.41) is 9.92. The predicted molar refractivity (Wildman–Crippen MR) is 71.8 cm³/mol. The van der Waals surface area contributed by atoms with Crippen LogP contribution >= 0.6 is 0 Å². The van der Waals surface area contributed by atoms with E-state index in [1.165, 1.54) is 0 Å². The highest BCUT2D eigenvalue weighted by Crippen LogP contribution is 2.11. The summed E-state index contributed by atoms with van der Waals surface area (Å²) < 4.78 is 1.76. The van der Waals surface area contributed by atoms with Crippen molar-refractivity contribution >= 4 is 17.3 Å². The maximum absolute atomic E-state index is 11.9. The fourth-order valence-corrected chi connectivity index (χ4v) is 1.59. The Kier molecular flexibility index (Phi) is 3.62. The second-order valence-electron chi connectivity index (χ2n) is 3.87. The number of hydrogen-bond donors (Lipinski definition) is 2. The summed E-state index contributed by atoms with van der Waals surface area (Å²) in [5.74, 6) is -0.131. The standard InChI is InChI=1S/C13H16N4O/c1-3-17-9-12(8-15-17)16-13(18)10-4-6-11(14-2)7-5-10/h4-9,14H,3H2,1-2H3,(H,16,18). The number of aryl methyl sites for hydroxylation is 1. The van der Waals surface area contributed by atoms with E-state index in [0.717, 1.165) is 12.2 Å². The molecule has 0 unspecified atom stereocenters. The first-order valence-electron chi connectivity index (χ1n) is 5.84. The van der Waals surface area contributed by atoms with Crippen molar-refractivity contribution in [2.24, 2.45) is 0 Å². The van der Waals surface area contributed by atoms with Crippen LogP contribution < -0.4 is 10.6 Å². The van der Waals surface area contributed by atoms with Crippen LogP contribution in [0, 0.1) is 0 Å². The summed E-state index contributed by atoms with van der Waals surface area (Å²) >= 11 is 0. The molecule has 2 aromatic rings. The lowest BCUT2D eigenvalue weighted by atomic mass is 10.2. The van der Waals surface area contributed by atoms with Crippen LogP contribution in [0.4, 0.5) is 11.4 Å². The number of amides is 1. The number of rotatable bonds is 4. The summed E-state index contributed by atoms with van der Waals surface area (Å²) in [6, 6.07) is 7.30. The van der Waals surface area contributed by atoms with E-state index in [4.69, 9.17) is 0 Å². The zero-order chi connectivity index (χ0) is 13.0. The Morgan fingerprint density at radius 2 is 2.00 bits per heavy atom. The lowest BCUT2D eigenvalue weighted by Gasteiger charge is -2.04. The zero-order valence-corrected chi connectivity index (χ0v) is 10.5. The van der Waals surface area contributed by atoms with Crippen molar-refractivity contribution in [3.63, 3.8) is 0 Å². The number of benzene rings is 1. The number of aromatic nitrogens is 2. The molecule has 1 amide bonds. The molecule has 2 N–H and O–H groups in total. The molecule has 0 aliphatic rings. The van der Waals surface area contributed by atoms with E-state index in [2.05, 4.69) is 15.7 Å². The van der Waals surface area contributed by atoms with Gasteiger partial charge in [-0.15, -0.1) is 0 Å². The summed E-state index contributed by atoms with van der Waals surface area (Å²) in [6.45, 7) is 2.78. The van der Waals surface area contributed by atoms with Crippen LogP contribution in [0.15, 0.2) is 36.7 Å². The molecule has 5 heteroatoms. The number of nitrogens with zero attached hydrogens (tertiary/aromatic N) is 2. The van der Waals surface area contributed by atoms with Crippen molar-refractivity contribution < 1.29 is 4.79 Å². The number of nitrogens with one attached hydrogen (secondary N) is 2. The molecule has 2 rings (SSSR count). The highest BCUT2D eigenvalue weighted by molar-refractivity contribution is 6.04. The topological polar surface area (TPSA) is 59.0 Å². The fourth-order valence-electron chi connectivity index (χ4n) is 1.59.